The fourth-order valence-electron chi connectivity index (χ4n) is 2.21. The standard InChI is InChI=1S/C13H16N2O2/c1-9(16)15-12-4-2-10(6-7-14)8-11(12)3-5-13(15)17/h2,4,8H,3,5-7,14H2,1H3. The number of anilines is 1. The molecule has 2 N–H and O–H groups in total. The first-order chi connectivity index (χ1) is 8.13. The predicted molar refractivity (Wildman–Crippen MR) is 65.7 cm³/mol. The van der Waals surface area contributed by atoms with Crippen LogP contribution in [0.25, 0.3) is 0 Å². The number of carbonyl (C=O) groups is 2. The number of amides is 2. The topological polar surface area (TPSA) is 63.4 Å². The summed E-state index contributed by atoms with van der Waals surface area (Å²) in [6, 6.07) is 5.82. The lowest BCUT2D eigenvalue weighted by Gasteiger charge is -2.27. The quantitative estimate of drug-likeness (QED) is 0.827. The predicted octanol–water partition coefficient (Wildman–Crippen LogP) is 1.01. The van der Waals surface area contributed by atoms with E-state index in [9.17, 15) is 9.59 Å². The van der Waals surface area contributed by atoms with Crippen LogP contribution in [0.4, 0.5) is 5.69 Å². The number of carbonyl (C=O) groups excluding carboxylic acids is 2. The van der Waals surface area contributed by atoms with Gasteiger partial charge in [-0.1, -0.05) is 12.1 Å². The molecule has 0 spiro atoms. The van der Waals surface area contributed by atoms with Gasteiger partial charge in [-0.05, 0) is 36.6 Å². The van der Waals surface area contributed by atoms with Crippen molar-refractivity contribution < 1.29 is 9.59 Å². The molecular weight excluding hydrogens is 216 g/mol. The molecule has 2 rings (SSSR count). The average Bonchev–Trinajstić information content (AvgIpc) is 2.29. The van der Waals surface area contributed by atoms with E-state index < -0.39 is 0 Å². The number of benzene rings is 1. The molecule has 2 amide bonds. The number of rotatable bonds is 2. The van der Waals surface area contributed by atoms with Gasteiger partial charge < -0.3 is 5.73 Å². The molecule has 4 nitrogen and oxygen atoms in total. The summed E-state index contributed by atoms with van der Waals surface area (Å²) >= 11 is 0. The van der Waals surface area contributed by atoms with Gasteiger partial charge in [-0.15, -0.1) is 0 Å². The molecule has 1 heterocycles. The van der Waals surface area contributed by atoms with Crippen LogP contribution in [-0.2, 0) is 22.4 Å². The Labute approximate surface area is 100 Å². The number of aryl methyl sites for hydroxylation is 1. The summed E-state index contributed by atoms with van der Waals surface area (Å²) in [7, 11) is 0. The van der Waals surface area contributed by atoms with Crippen LogP contribution in [0, 0.1) is 0 Å². The van der Waals surface area contributed by atoms with Crippen LogP contribution < -0.4 is 10.6 Å². The van der Waals surface area contributed by atoms with Gasteiger partial charge >= 0.3 is 0 Å². The first-order valence-electron chi connectivity index (χ1n) is 5.79. The zero-order valence-electron chi connectivity index (χ0n) is 9.90. The monoisotopic (exact) mass is 232 g/mol. The van der Waals surface area contributed by atoms with Gasteiger partial charge in [0.05, 0.1) is 5.69 Å². The van der Waals surface area contributed by atoms with E-state index in [4.69, 9.17) is 5.73 Å². The van der Waals surface area contributed by atoms with Gasteiger partial charge in [0.15, 0.2) is 0 Å². The summed E-state index contributed by atoms with van der Waals surface area (Å²) in [6.45, 7) is 2.02. The maximum Gasteiger partial charge on any atom is 0.234 e. The van der Waals surface area contributed by atoms with E-state index in [0.717, 1.165) is 23.2 Å². The highest BCUT2D eigenvalue weighted by Gasteiger charge is 2.27. The van der Waals surface area contributed by atoms with E-state index >= 15 is 0 Å². The van der Waals surface area contributed by atoms with Crippen LogP contribution >= 0.6 is 0 Å². The first kappa shape index (κ1) is 11.8. The Morgan fingerprint density at radius 3 is 2.82 bits per heavy atom. The van der Waals surface area contributed by atoms with Crippen LogP contribution in [0.5, 0.6) is 0 Å². The third kappa shape index (κ3) is 2.22. The lowest BCUT2D eigenvalue weighted by atomic mass is 9.97. The second-order valence-corrected chi connectivity index (χ2v) is 4.25. The Morgan fingerprint density at radius 2 is 2.18 bits per heavy atom. The van der Waals surface area contributed by atoms with Gasteiger partial charge in [-0.3, -0.25) is 14.5 Å². The Morgan fingerprint density at radius 1 is 1.41 bits per heavy atom. The minimum Gasteiger partial charge on any atom is -0.330 e. The molecule has 0 bridgehead atoms. The molecule has 1 aliphatic heterocycles. The van der Waals surface area contributed by atoms with Crippen LogP contribution in [0.3, 0.4) is 0 Å². The van der Waals surface area contributed by atoms with Crippen molar-refractivity contribution in [2.24, 2.45) is 5.73 Å². The lowest BCUT2D eigenvalue weighted by molar-refractivity contribution is -0.125. The van der Waals surface area contributed by atoms with Crippen molar-refractivity contribution in [3.05, 3.63) is 29.3 Å². The molecule has 90 valence electrons. The maximum atomic E-state index is 11.7. The Hall–Kier alpha value is -1.68. The van der Waals surface area contributed by atoms with Crippen molar-refractivity contribution in [1.82, 2.24) is 0 Å². The minimum atomic E-state index is -0.220. The normalized spacial score (nSPS) is 14.7. The highest BCUT2D eigenvalue weighted by atomic mass is 16.2. The highest BCUT2D eigenvalue weighted by molar-refractivity contribution is 6.15. The molecule has 0 radical (unpaired) electrons. The molecule has 0 atom stereocenters. The van der Waals surface area contributed by atoms with Crippen LogP contribution in [0.2, 0.25) is 0 Å². The fraction of sp³-hybridized carbons (Fsp3) is 0.385. The molecule has 0 aromatic heterocycles. The molecule has 0 unspecified atom stereocenters. The molecule has 1 aromatic carbocycles. The van der Waals surface area contributed by atoms with Crippen molar-refractivity contribution in [2.75, 3.05) is 11.4 Å². The van der Waals surface area contributed by atoms with Gasteiger partial charge in [-0.25, -0.2) is 0 Å². The summed E-state index contributed by atoms with van der Waals surface area (Å²) in [5.74, 6) is -0.334. The number of nitrogens with two attached hydrogens (primary N) is 1. The number of imide groups is 1. The molecule has 0 saturated carbocycles. The summed E-state index contributed by atoms with van der Waals surface area (Å²) in [5, 5.41) is 0. The van der Waals surface area contributed by atoms with Gasteiger partial charge in [0.2, 0.25) is 11.8 Å². The summed E-state index contributed by atoms with van der Waals surface area (Å²) in [4.78, 5) is 24.4. The van der Waals surface area contributed by atoms with E-state index in [1.807, 2.05) is 18.2 Å². The maximum absolute atomic E-state index is 11.7. The fourth-order valence-corrected chi connectivity index (χ4v) is 2.21. The third-order valence-electron chi connectivity index (χ3n) is 2.99. The third-order valence-corrected chi connectivity index (χ3v) is 2.99. The van der Waals surface area contributed by atoms with Crippen molar-refractivity contribution in [3.63, 3.8) is 0 Å². The van der Waals surface area contributed by atoms with Crippen LogP contribution in [0.15, 0.2) is 18.2 Å². The second-order valence-electron chi connectivity index (χ2n) is 4.25. The van der Waals surface area contributed by atoms with Gasteiger partial charge in [0, 0.05) is 13.3 Å². The van der Waals surface area contributed by atoms with E-state index in [1.165, 1.54) is 11.8 Å². The van der Waals surface area contributed by atoms with Gasteiger partial charge in [0.1, 0.15) is 0 Å². The largest absolute Gasteiger partial charge is 0.330 e. The lowest BCUT2D eigenvalue weighted by Crippen LogP contribution is -2.38. The van der Waals surface area contributed by atoms with Crippen LogP contribution in [0.1, 0.15) is 24.5 Å². The van der Waals surface area contributed by atoms with Crippen molar-refractivity contribution in [2.45, 2.75) is 26.2 Å². The van der Waals surface area contributed by atoms with Crippen LogP contribution in [-0.4, -0.2) is 18.4 Å². The summed E-state index contributed by atoms with van der Waals surface area (Å²) in [6.07, 6.45) is 1.93. The molecule has 4 heteroatoms. The highest BCUT2D eigenvalue weighted by Crippen LogP contribution is 2.28. The molecular formula is C13H16N2O2. The number of nitrogens with zero attached hydrogens (tertiary/aromatic N) is 1. The van der Waals surface area contributed by atoms with E-state index in [0.29, 0.717) is 19.4 Å². The van der Waals surface area contributed by atoms with Crippen molar-refractivity contribution in [3.8, 4) is 0 Å². The SMILES string of the molecule is CC(=O)N1C(=O)CCc2cc(CCN)ccc21. The number of hydrogen-bond acceptors (Lipinski definition) is 3. The number of hydrogen-bond donors (Lipinski definition) is 1. The minimum absolute atomic E-state index is 0.114. The van der Waals surface area contributed by atoms with Crippen molar-refractivity contribution in [1.29, 1.82) is 0 Å². The van der Waals surface area contributed by atoms with Crippen molar-refractivity contribution >= 4 is 17.5 Å². The molecule has 17 heavy (non-hydrogen) atoms. The second kappa shape index (κ2) is 4.67. The van der Waals surface area contributed by atoms with E-state index in [-0.39, 0.29) is 11.8 Å². The molecule has 0 aliphatic carbocycles. The Bertz CT molecular complexity index is 468. The number of fused-ring (bicyclic) bond motifs is 1. The molecule has 0 fully saturated rings. The molecule has 1 aliphatic rings. The summed E-state index contributed by atoms with van der Waals surface area (Å²) in [5.41, 5.74) is 8.46. The molecule has 0 saturated heterocycles. The zero-order valence-corrected chi connectivity index (χ0v) is 9.90. The Kier molecular flexibility index (Phi) is 3.24. The molecule has 1 aromatic rings. The first-order valence-corrected chi connectivity index (χ1v) is 5.79. The van der Waals surface area contributed by atoms with Gasteiger partial charge in [-0.2, -0.15) is 0 Å². The summed E-state index contributed by atoms with van der Waals surface area (Å²) < 4.78 is 0. The smallest absolute Gasteiger partial charge is 0.234 e. The van der Waals surface area contributed by atoms with E-state index in [1.54, 1.807) is 0 Å². The van der Waals surface area contributed by atoms with Gasteiger partial charge in [0.25, 0.3) is 0 Å². The zero-order chi connectivity index (χ0) is 12.4. The Balaban J connectivity index is 2.40. The average molecular weight is 232 g/mol. The van der Waals surface area contributed by atoms with E-state index in [2.05, 4.69) is 0 Å².